The maximum Gasteiger partial charge on any atom is 0.182 e. The maximum atomic E-state index is 12.6. The van der Waals surface area contributed by atoms with Crippen LogP contribution in [0.4, 0.5) is 10.1 Å². The van der Waals surface area contributed by atoms with E-state index in [1.165, 1.54) is 31.4 Å². The Labute approximate surface area is 91.8 Å². The molecule has 0 atom stereocenters. The molecule has 0 radical (unpaired) electrons. The second-order valence-electron chi connectivity index (χ2n) is 2.64. The molecule has 0 aromatic heterocycles. The zero-order chi connectivity index (χ0) is 11.8. The lowest BCUT2D eigenvalue weighted by molar-refractivity contribution is 0.216. The van der Waals surface area contributed by atoms with Crippen LogP contribution in [0.1, 0.15) is 0 Å². The molecule has 1 rings (SSSR count). The third-order valence-electron chi connectivity index (χ3n) is 1.54. The molecular formula is C10H9FN4O. The Morgan fingerprint density at radius 2 is 2.19 bits per heavy atom. The zero-order valence-corrected chi connectivity index (χ0v) is 8.51. The molecule has 16 heavy (non-hydrogen) atoms. The predicted octanol–water partition coefficient (Wildman–Crippen LogP) is 1.75. The molecule has 0 aliphatic carbocycles. The van der Waals surface area contributed by atoms with Gasteiger partial charge in [0.25, 0.3) is 0 Å². The Morgan fingerprint density at radius 3 is 2.75 bits per heavy atom. The molecule has 1 aromatic rings. The van der Waals surface area contributed by atoms with Gasteiger partial charge in [-0.2, -0.15) is 10.4 Å². The molecule has 1 aromatic carbocycles. The molecule has 0 fully saturated rings. The first-order valence-corrected chi connectivity index (χ1v) is 4.32. The quantitative estimate of drug-likeness (QED) is 0.620. The lowest BCUT2D eigenvalue weighted by Gasteiger charge is -1.98. The number of benzene rings is 1. The topological polar surface area (TPSA) is 69.8 Å². The summed E-state index contributed by atoms with van der Waals surface area (Å²) in [5.74, 6) is -0.337. The number of nitriles is 1. The highest BCUT2D eigenvalue weighted by Gasteiger charge is 1.94. The summed E-state index contributed by atoms with van der Waals surface area (Å²) < 4.78 is 12.6. The van der Waals surface area contributed by atoms with Crippen LogP contribution in [0.25, 0.3) is 0 Å². The largest absolute Gasteiger partial charge is 0.399 e. The van der Waals surface area contributed by atoms with Gasteiger partial charge in [-0.25, -0.2) is 4.39 Å². The van der Waals surface area contributed by atoms with E-state index in [4.69, 9.17) is 5.26 Å². The van der Waals surface area contributed by atoms with E-state index in [1.807, 2.05) is 0 Å². The van der Waals surface area contributed by atoms with Crippen LogP contribution in [0.3, 0.4) is 0 Å². The van der Waals surface area contributed by atoms with Crippen LogP contribution in [0.15, 0.2) is 34.5 Å². The molecule has 82 valence electrons. The summed E-state index contributed by atoms with van der Waals surface area (Å²) in [5.41, 5.74) is 3.20. The van der Waals surface area contributed by atoms with Gasteiger partial charge in [0.05, 0.1) is 5.69 Å². The molecule has 1 N–H and O–H groups in total. The number of oxime groups is 1. The molecule has 0 saturated carbocycles. The number of nitrogens with one attached hydrogen (secondary N) is 1. The van der Waals surface area contributed by atoms with Crippen LogP contribution >= 0.6 is 0 Å². The van der Waals surface area contributed by atoms with E-state index in [0.717, 1.165) is 6.21 Å². The Morgan fingerprint density at radius 1 is 1.50 bits per heavy atom. The Kier molecular flexibility index (Phi) is 4.47. The molecule has 6 heteroatoms. The van der Waals surface area contributed by atoms with E-state index < -0.39 is 0 Å². The lowest BCUT2D eigenvalue weighted by Crippen LogP contribution is -2.01. The molecule has 0 aliphatic rings. The summed E-state index contributed by atoms with van der Waals surface area (Å²) in [4.78, 5) is 4.40. The van der Waals surface area contributed by atoms with Gasteiger partial charge in [-0.05, 0) is 24.3 Å². The summed E-state index contributed by atoms with van der Waals surface area (Å²) in [7, 11) is 1.36. The number of hydrazone groups is 1. The maximum absolute atomic E-state index is 12.6. The van der Waals surface area contributed by atoms with Gasteiger partial charge in [-0.1, -0.05) is 5.16 Å². The number of anilines is 1. The van der Waals surface area contributed by atoms with Crippen LogP contribution in [0.2, 0.25) is 0 Å². The molecule has 0 saturated heterocycles. The Balaban J connectivity index is 2.67. The van der Waals surface area contributed by atoms with Gasteiger partial charge in [0, 0.05) is 0 Å². The fourth-order valence-corrected chi connectivity index (χ4v) is 0.835. The smallest absolute Gasteiger partial charge is 0.182 e. The molecule has 5 nitrogen and oxygen atoms in total. The van der Waals surface area contributed by atoms with Gasteiger partial charge in [-0.3, -0.25) is 5.43 Å². The van der Waals surface area contributed by atoms with Gasteiger partial charge < -0.3 is 4.84 Å². The third-order valence-corrected chi connectivity index (χ3v) is 1.54. The predicted molar refractivity (Wildman–Crippen MR) is 58.6 cm³/mol. The van der Waals surface area contributed by atoms with Crippen LogP contribution in [-0.4, -0.2) is 19.0 Å². The first kappa shape index (κ1) is 11.7. The fraction of sp³-hybridized carbons (Fsp3) is 0.100. The normalized spacial score (nSPS) is 11.2. The SMILES string of the molecule is CO/N=C/C(C#N)=N/Nc1ccc(F)cc1. The molecule has 0 bridgehead atoms. The number of halogens is 1. The van der Waals surface area contributed by atoms with Crippen molar-refractivity contribution in [3.8, 4) is 6.07 Å². The number of hydrogen-bond acceptors (Lipinski definition) is 5. The summed E-state index contributed by atoms with van der Waals surface area (Å²) in [5, 5.41) is 15.8. The Bertz CT molecular complexity index is 433. The summed E-state index contributed by atoms with van der Waals surface area (Å²) in [6.07, 6.45) is 1.16. The highest BCUT2D eigenvalue weighted by molar-refractivity contribution is 6.37. The summed E-state index contributed by atoms with van der Waals surface area (Å²) in [6, 6.07) is 7.37. The van der Waals surface area contributed by atoms with Gasteiger partial charge in [0.1, 0.15) is 25.2 Å². The van der Waals surface area contributed by atoms with E-state index in [-0.39, 0.29) is 11.5 Å². The van der Waals surface area contributed by atoms with Crippen molar-refractivity contribution in [2.75, 3.05) is 12.5 Å². The standard InChI is InChI=1S/C10H9FN4O/c1-16-13-7-10(6-12)15-14-9-4-2-8(11)3-5-9/h2-5,7,14H,1H3/b13-7+,15-10+. The van der Waals surface area contributed by atoms with Crippen molar-refractivity contribution in [3.05, 3.63) is 30.1 Å². The second kappa shape index (κ2) is 6.14. The minimum Gasteiger partial charge on any atom is -0.399 e. The molecule has 0 unspecified atom stereocenters. The van der Waals surface area contributed by atoms with Crippen molar-refractivity contribution >= 4 is 17.6 Å². The van der Waals surface area contributed by atoms with Crippen molar-refractivity contribution in [2.45, 2.75) is 0 Å². The highest BCUT2D eigenvalue weighted by Crippen LogP contribution is 2.07. The average molecular weight is 220 g/mol. The van der Waals surface area contributed by atoms with Crippen LogP contribution in [0.5, 0.6) is 0 Å². The van der Waals surface area contributed by atoms with Gasteiger partial charge in [-0.15, -0.1) is 0 Å². The monoisotopic (exact) mass is 220 g/mol. The summed E-state index contributed by atoms with van der Waals surface area (Å²) >= 11 is 0. The van der Waals surface area contributed by atoms with Crippen molar-refractivity contribution < 1.29 is 9.23 Å². The molecule has 0 aliphatic heterocycles. The minimum atomic E-state index is -0.337. The molecule has 0 amide bonds. The van der Waals surface area contributed by atoms with E-state index in [1.54, 1.807) is 6.07 Å². The van der Waals surface area contributed by atoms with E-state index in [9.17, 15) is 4.39 Å². The van der Waals surface area contributed by atoms with Crippen LogP contribution in [-0.2, 0) is 4.84 Å². The molecular weight excluding hydrogens is 211 g/mol. The molecule has 0 heterocycles. The second-order valence-corrected chi connectivity index (χ2v) is 2.64. The lowest BCUT2D eigenvalue weighted by atomic mass is 10.3. The van der Waals surface area contributed by atoms with Gasteiger partial charge in [0.2, 0.25) is 0 Å². The van der Waals surface area contributed by atoms with Crippen molar-refractivity contribution in [1.29, 1.82) is 5.26 Å². The van der Waals surface area contributed by atoms with E-state index in [2.05, 4.69) is 20.5 Å². The van der Waals surface area contributed by atoms with Crippen LogP contribution in [0, 0.1) is 17.1 Å². The van der Waals surface area contributed by atoms with Crippen molar-refractivity contribution in [2.24, 2.45) is 10.3 Å². The zero-order valence-electron chi connectivity index (χ0n) is 8.51. The fourth-order valence-electron chi connectivity index (χ4n) is 0.835. The summed E-state index contributed by atoms with van der Waals surface area (Å²) in [6.45, 7) is 0. The number of rotatable bonds is 4. The first-order valence-electron chi connectivity index (χ1n) is 4.32. The van der Waals surface area contributed by atoms with E-state index >= 15 is 0 Å². The van der Waals surface area contributed by atoms with Crippen molar-refractivity contribution in [3.63, 3.8) is 0 Å². The average Bonchev–Trinajstić information content (AvgIpc) is 2.32. The van der Waals surface area contributed by atoms with Gasteiger partial charge in [0.15, 0.2) is 5.71 Å². The van der Waals surface area contributed by atoms with Gasteiger partial charge >= 0.3 is 0 Å². The number of nitrogens with zero attached hydrogens (tertiary/aromatic N) is 3. The minimum absolute atomic E-state index is 0.0474. The van der Waals surface area contributed by atoms with Crippen LogP contribution < -0.4 is 5.43 Å². The van der Waals surface area contributed by atoms with E-state index in [0.29, 0.717) is 5.69 Å². The first-order chi connectivity index (χ1) is 7.76. The molecule has 0 spiro atoms. The Hall–Kier alpha value is -2.42. The van der Waals surface area contributed by atoms with Crippen molar-refractivity contribution in [1.82, 2.24) is 0 Å². The highest BCUT2D eigenvalue weighted by atomic mass is 19.1. The number of hydrogen-bond donors (Lipinski definition) is 1. The third kappa shape index (κ3) is 3.75.